The van der Waals surface area contributed by atoms with Gasteiger partial charge in [0, 0.05) is 30.2 Å². The number of carbonyl (C=O) groups excluding carboxylic acids is 1. The largest absolute Gasteiger partial charge is 0.370 e. The maximum Gasteiger partial charge on any atom is 0.234 e. The van der Waals surface area contributed by atoms with Crippen LogP contribution in [0.5, 0.6) is 0 Å². The van der Waals surface area contributed by atoms with Crippen molar-refractivity contribution >= 4 is 40.6 Å². The molecule has 31 heavy (non-hydrogen) atoms. The molecule has 0 atom stereocenters. The number of nitrogens with one attached hydrogen (secondary N) is 1. The van der Waals surface area contributed by atoms with E-state index in [1.54, 1.807) is 0 Å². The van der Waals surface area contributed by atoms with Crippen molar-refractivity contribution in [3.05, 3.63) is 53.1 Å². The quantitative estimate of drug-likeness (QED) is 0.492. The highest BCUT2D eigenvalue weighted by Crippen LogP contribution is 2.32. The Balaban J connectivity index is 1.46. The molecule has 1 N–H and O–H groups in total. The summed E-state index contributed by atoms with van der Waals surface area (Å²) in [6.45, 7) is 6.85. The van der Waals surface area contributed by atoms with Crippen LogP contribution >= 0.6 is 23.4 Å². The van der Waals surface area contributed by atoms with Crippen LogP contribution in [0.25, 0.3) is 11.4 Å². The lowest BCUT2D eigenvalue weighted by molar-refractivity contribution is -0.113. The maximum atomic E-state index is 12.7. The van der Waals surface area contributed by atoms with Crippen molar-refractivity contribution in [3.63, 3.8) is 0 Å². The summed E-state index contributed by atoms with van der Waals surface area (Å²) in [5.41, 5.74) is 3.99. The number of carbonyl (C=O) groups is 1. The third-order valence-electron chi connectivity index (χ3n) is 5.32. The SMILES string of the molecule is CCn1c(SCC(=O)Nc2cc(Cl)ccc2N2CCCC2)nnc1-c1cccc(C)c1. The van der Waals surface area contributed by atoms with Crippen LogP contribution in [0.4, 0.5) is 11.4 Å². The molecular weight excluding hydrogens is 430 g/mol. The summed E-state index contributed by atoms with van der Waals surface area (Å²) in [5, 5.41) is 13.1. The minimum Gasteiger partial charge on any atom is -0.370 e. The van der Waals surface area contributed by atoms with Crippen molar-refractivity contribution in [1.29, 1.82) is 0 Å². The smallest absolute Gasteiger partial charge is 0.234 e. The summed E-state index contributed by atoms with van der Waals surface area (Å²) in [5.74, 6) is 0.980. The highest BCUT2D eigenvalue weighted by Gasteiger charge is 2.19. The van der Waals surface area contributed by atoms with Crippen LogP contribution in [0.15, 0.2) is 47.6 Å². The maximum absolute atomic E-state index is 12.7. The number of aromatic nitrogens is 3. The summed E-state index contributed by atoms with van der Waals surface area (Å²) in [6, 6.07) is 13.9. The number of rotatable bonds is 7. The van der Waals surface area contributed by atoms with Crippen LogP contribution in [0, 0.1) is 6.92 Å². The predicted octanol–water partition coefficient (Wildman–Crippen LogP) is 5.26. The lowest BCUT2D eigenvalue weighted by Gasteiger charge is -2.21. The van der Waals surface area contributed by atoms with Crippen LogP contribution in [-0.2, 0) is 11.3 Å². The van der Waals surface area contributed by atoms with Crippen LogP contribution in [0.1, 0.15) is 25.3 Å². The second-order valence-electron chi connectivity index (χ2n) is 7.61. The van der Waals surface area contributed by atoms with Crippen LogP contribution in [-0.4, -0.2) is 39.5 Å². The number of amides is 1. The Morgan fingerprint density at radius 3 is 2.71 bits per heavy atom. The Morgan fingerprint density at radius 2 is 1.97 bits per heavy atom. The van der Waals surface area contributed by atoms with Gasteiger partial charge in [0.25, 0.3) is 0 Å². The molecule has 0 unspecified atom stereocenters. The summed E-state index contributed by atoms with van der Waals surface area (Å²) < 4.78 is 2.04. The van der Waals surface area contributed by atoms with E-state index in [9.17, 15) is 4.79 Å². The van der Waals surface area contributed by atoms with Gasteiger partial charge in [0.2, 0.25) is 5.91 Å². The fourth-order valence-electron chi connectivity index (χ4n) is 3.84. The van der Waals surface area contributed by atoms with Gasteiger partial charge < -0.3 is 14.8 Å². The van der Waals surface area contributed by atoms with Crippen LogP contribution in [0.3, 0.4) is 0 Å². The highest BCUT2D eigenvalue weighted by atomic mass is 35.5. The Morgan fingerprint density at radius 1 is 1.16 bits per heavy atom. The molecule has 1 aromatic heterocycles. The molecule has 162 valence electrons. The zero-order valence-electron chi connectivity index (χ0n) is 17.8. The van der Waals surface area contributed by atoms with Gasteiger partial charge in [-0.25, -0.2) is 0 Å². The van der Waals surface area contributed by atoms with E-state index in [1.807, 2.05) is 34.9 Å². The average molecular weight is 456 g/mol. The lowest BCUT2D eigenvalue weighted by atomic mass is 10.1. The highest BCUT2D eigenvalue weighted by molar-refractivity contribution is 7.99. The molecule has 1 saturated heterocycles. The first-order valence-corrected chi connectivity index (χ1v) is 11.9. The molecule has 0 bridgehead atoms. The third kappa shape index (κ3) is 5.05. The molecular formula is C23H26ClN5OS. The fourth-order valence-corrected chi connectivity index (χ4v) is 4.81. The van der Waals surface area contributed by atoms with E-state index in [0.717, 1.165) is 47.6 Å². The van der Waals surface area contributed by atoms with E-state index in [4.69, 9.17) is 11.6 Å². The zero-order chi connectivity index (χ0) is 21.8. The van der Waals surface area contributed by atoms with E-state index in [-0.39, 0.29) is 11.7 Å². The van der Waals surface area contributed by atoms with Gasteiger partial charge in [0.1, 0.15) is 0 Å². The predicted molar refractivity (Wildman–Crippen MR) is 128 cm³/mol. The van der Waals surface area contributed by atoms with Crippen LogP contribution in [0.2, 0.25) is 5.02 Å². The Labute approximate surface area is 192 Å². The minimum atomic E-state index is -0.0875. The molecule has 0 aliphatic carbocycles. The first-order valence-electron chi connectivity index (χ1n) is 10.5. The number of thioether (sulfide) groups is 1. The van der Waals surface area contributed by atoms with Crippen molar-refractivity contribution in [2.45, 2.75) is 38.4 Å². The van der Waals surface area contributed by atoms with Gasteiger partial charge in [-0.3, -0.25) is 4.79 Å². The molecule has 1 aliphatic heterocycles. The molecule has 6 nitrogen and oxygen atoms in total. The molecule has 3 aromatic rings. The van der Waals surface area contributed by atoms with E-state index < -0.39 is 0 Å². The summed E-state index contributed by atoms with van der Waals surface area (Å²) in [7, 11) is 0. The zero-order valence-corrected chi connectivity index (χ0v) is 19.3. The molecule has 1 fully saturated rings. The van der Waals surface area contributed by atoms with Gasteiger partial charge in [-0.2, -0.15) is 0 Å². The van der Waals surface area contributed by atoms with Gasteiger partial charge in [0.15, 0.2) is 11.0 Å². The molecule has 4 rings (SSSR count). The van der Waals surface area contributed by atoms with Gasteiger partial charge in [-0.05, 0) is 51.0 Å². The number of nitrogens with zero attached hydrogens (tertiary/aromatic N) is 4. The first-order chi connectivity index (χ1) is 15.0. The fraction of sp³-hybridized carbons (Fsp3) is 0.348. The summed E-state index contributed by atoms with van der Waals surface area (Å²) in [6.07, 6.45) is 2.34. The molecule has 2 aromatic carbocycles. The Hall–Kier alpha value is -2.51. The molecule has 0 spiro atoms. The van der Waals surface area contributed by atoms with Crippen molar-refractivity contribution < 1.29 is 4.79 Å². The number of aryl methyl sites for hydroxylation is 1. The number of hydrogen-bond acceptors (Lipinski definition) is 5. The van der Waals surface area contributed by atoms with Gasteiger partial charge >= 0.3 is 0 Å². The molecule has 1 aliphatic rings. The van der Waals surface area contributed by atoms with E-state index in [0.29, 0.717) is 5.02 Å². The number of halogens is 1. The molecule has 1 amide bonds. The molecule has 0 saturated carbocycles. The number of benzene rings is 2. The lowest BCUT2D eigenvalue weighted by Crippen LogP contribution is -2.22. The van der Waals surface area contributed by atoms with Crippen LogP contribution < -0.4 is 10.2 Å². The average Bonchev–Trinajstić information content (AvgIpc) is 3.42. The van der Waals surface area contributed by atoms with Crippen molar-refractivity contribution in [3.8, 4) is 11.4 Å². The van der Waals surface area contributed by atoms with E-state index in [2.05, 4.69) is 46.4 Å². The van der Waals surface area contributed by atoms with Gasteiger partial charge in [0.05, 0.1) is 17.1 Å². The second kappa shape index (κ2) is 9.75. The normalized spacial score (nSPS) is 13.6. The van der Waals surface area contributed by atoms with E-state index >= 15 is 0 Å². The number of hydrogen-bond donors (Lipinski definition) is 1. The molecule has 2 heterocycles. The summed E-state index contributed by atoms with van der Waals surface area (Å²) in [4.78, 5) is 15.0. The van der Waals surface area contributed by atoms with Gasteiger partial charge in [-0.1, -0.05) is 47.1 Å². The number of anilines is 2. The molecule has 8 heteroatoms. The third-order valence-corrected chi connectivity index (χ3v) is 6.52. The van der Waals surface area contributed by atoms with Crippen molar-refractivity contribution in [1.82, 2.24) is 14.8 Å². The first kappa shape index (κ1) is 21.7. The Bertz CT molecular complexity index is 1080. The standard InChI is InChI=1S/C23H26ClN5OS/c1-3-29-22(17-8-6-7-16(2)13-17)26-27-23(29)31-15-21(30)25-19-14-18(24)9-10-20(19)28-11-4-5-12-28/h6-10,13-14H,3-5,11-12,15H2,1-2H3,(H,25,30). The second-order valence-corrected chi connectivity index (χ2v) is 8.99. The van der Waals surface area contributed by atoms with Crippen molar-refractivity contribution in [2.75, 3.05) is 29.1 Å². The topological polar surface area (TPSA) is 63.1 Å². The summed E-state index contributed by atoms with van der Waals surface area (Å²) >= 11 is 7.59. The van der Waals surface area contributed by atoms with E-state index in [1.165, 1.54) is 30.2 Å². The van der Waals surface area contributed by atoms with Crippen molar-refractivity contribution in [2.24, 2.45) is 0 Å². The minimum absolute atomic E-state index is 0.0875. The monoisotopic (exact) mass is 455 g/mol. The Kier molecular flexibility index (Phi) is 6.83. The van der Waals surface area contributed by atoms with Gasteiger partial charge in [-0.15, -0.1) is 10.2 Å². The molecule has 0 radical (unpaired) electrons.